The minimum Gasteiger partial charge on any atom is -0.256 e. The van der Waals surface area contributed by atoms with Crippen LogP contribution in [0.5, 0.6) is 0 Å². The second-order valence-corrected chi connectivity index (χ2v) is 6.36. The summed E-state index contributed by atoms with van der Waals surface area (Å²) in [5.74, 6) is 1.32. The van der Waals surface area contributed by atoms with Gasteiger partial charge in [-0.15, -0.1) is 0 Å². The molecule has 0 spiro atoms. The van der Waals surface area contributed by atoms with Gasteiger partial charge in [-0.05, 0) is 47.9 Å². The lowest BCUT2D eigenvalue weighted by atomic mass is 9.89. The van der Waals surface area contributed by atoms with Crippen LogP contribution in [-0.4, -0.2) is 4.98 Å². The Morgan fingerprint density at radius 2 is 1.40 bits per heavy atom. The fourth-order valence-electron chi connectivity index (χ4n) is 2.71. The van der Waals surface area contributed by atoms with E-state index in [0.29, 0.717) is 11.8 Å². The maximum absolute atomic E-state index is 4.58. The molecule has 0 aliphatic rings. The molecule has 1 aromatic heterocycles. The first-order chi connectivity index (χ1) is 9.58. The van der Waals surface area contributed by atoms with E-state index in [-0.39, 0.29) is 0 Å². The molecule has 1 aromatic carbocycles. The van der Waals surface area contributed by atoms with Crippen molar-refractivity contribution in [3.05, 3.63) is 53.7 Å². The lowest BCUT2D eigenvalue weighted by molar-refractivity contribution is 0.637. The Labute approximate surface area is 123 Å². The summed E-state index contributed by atoms with van der Waals surface area (Å²) in [5, 5.41) is 0. The number of nitrogens with zero attached hydrogens (tertiary/aromatic N) is 1. The van der Waals surface area contributed by atoms with E-state index >= 15 is 0 Å². The normalized spacial score (nSPS) is 11.3. The average molecular weight is 267 g/mol. The van der Waals surface area contributed by atoms with Crippen molar-refractivity contribution in [1.29, 1.82) is 0 Å². The van der Waals surface area contributed by atoms with Crippen molar-refractivity contribution in [3.63, 3.8) is 0 Å². The third-order valence-electron chi connectivity index (χ3n) is 3.41. The number of rotatable bonds is 5. The van der Waals surface area contributed by atoms with Gasteiger partial charge in [-0.3, -0.25) is 4.98 Å². The van der Waals surface area contributed by atoms with E-state index < -0.39 is 0 Å². The van der Waals surface area contributed by atoms with E-state index in [2.05, 4.69) is 63.0 Å². The van der Waals surface area contributed by atoms with Crippen molar-refractivity contribution in [2.75, 3.05) is 0 Å². The summed E-state index contributed by atoms with van der Waals surface area (Å²) < 4.78 is 0. The molecule has 0 unspecified atom stereocenters. The third kappa shape index (κ3) is 3.69. The van der Waals surface area contributed by atoms with Crippen LogP contribution in [0, 0.1) is 11.8 Å². The monoisotopic (exact) mass is 267 g/mol. The smallest absolute Gasteiger partial charge is 0.0707 e. The highest BCUT2D eigenvalue weighted by Gasteiger charge is 2.13. The second-order valence-electron chi connectivity index (χ2n) is 6.36. The van der Waals surface area contributed by atoms with Gasteiger partial charge in [0.25, 0.3) is 0 Å². The van der Waals surface area contributed by atoms with Crippen molar-refractivity contribution < 1.29 is 0 Å². The summed E-state index contributed by atoms with van der Waals surface area (Å²) in [6.45, 7) is 9.10. The quantitative estimate of drug-likeness (QED) is 0.730. The van der Waals surface area contributed by atoms with Gasteiger partial charge in [-0.1, -0.05) is 52.0 Å². The van der Waals surface area contributed by atoms with Gasteiger partial charge in [0, 0.05) is 11.8 Å². The summed E-state index contributed by atoms with van der Waals surface area (Å²) >= 11 is 0. The molecule has 2 aromatic rings. The van der Waals surface area contributed by atoms with E-state index in [9.17, 15) is 0 Å². The van der Waals surface area contributed by atoms with Gasteiger partial charge in [0.15, 0.2) is 0 Å². The van der Waals surface area contributed by atoms with E-state index in [1.807, 2.05) is 12.3 Å². The molecule has 1 nitrogen and oxygen atoms in total. The lowest BCUT2D eigenvalue weighted by Gasteiger charge is -2.17. The molecule has 0 fully saturated rings. The van der Waals surface area contributed by atoms with Crippen molar-refractivity contribution in [2.45, 2.75) is 40.5 Å². The molecule has 0 amide bonds. The van der Waals surface area contributed by atoms with Gasteiger partial charge in [0.2, 0.25) is 0 Å². The maximum atomic E-state index is 4.58. The Morgan fingerprint density at radius 1 is 0.800 bits per heavy atom. The van der Waals surface area contributed by atoms with E-state index in [1.54, 1.807) is 0 Å². The van der Waals surface area contributed by atoms with Crippen LogP contribution in [0.1, 0.15) is 38.8 Å². The molecule has 0 bridgehead atoms. The predicted octanol–water partition coefficient (Wildman–Crippen LogP) is 5.15. The van der Waals surface area contributed by atoms with Crippen LogP contribution in [0.25, 0.3) is 11.3 Å². The Morgan fingerprint density at radius 3 is 1.85 bits per heavy atom. The average Bonchev–Trinajstić information content (AvgIpc) is 2.38. The number of hydrogen-bond donors (Lipinski definition) is 0. The van der Waals surface area contributed by atoms with Crippen LogP contribution >= 0.6 is 0 Å². The van der Waals surface area contributed by atoms with Crippen LogP contribution in [-0.2, 0) is 12.8 Å². The summed E-state index contributed by atoms with van der Waals surface area (Å²) in [5.41, 5.74) is 5.32. The predicted molar refractivity (Wildman–Crippen MR) is 86.8 cm³/mol. The number of pyridine rings is 1. The molecule has 1 heterocycles. The van der Waals surface area contributed by atoms with Gasteiger partial charge < -0.3 is 0 Å². The SMILES string of the molecule is CC(C)Cc1cccc(CC(C)C)c1-c1ccccn1. The molecule has 1 heteroatoms. The first-order valence-electron chi connectivity index (χ1n) is 7.60. The topological polar surface area (TPSA) is 12.9 Å². The molecule has 0 aliphatic carbocycles. The maximum Gasteiger partial charge on any atom is 0.0707 e. The second kappa shape index (κ2) is 6.69. The fraction of sp³-hybridized carbons (Fsp3) is 0.421. The first kappa shape index (κ1) is 14.8. The Kier molecular flexibility index (Phi) is 4.94. The summed E-state index contributed by atoms with van der Waals surface area (Å²) in [7, 11) is 0. The van der Waals surface area contributed by atoms with Gasteiger partial charge in [0.05, 0.1) is 5.69 Å². The zero-order valence-electron chi connectivity index (χ0n) is 13.1. The van der Waals surface area contributed by atoms with Crippen LogP contribution in [0.3, 0.4) is 0 Å². The molecule has 0 radical (unpaired) electrons. The molecule has 2 rings (SSSR count). The highest BCUT2D eigenvalue weighted by molar-refractivity contribution is 5.68. The zero-order valence-corrected chi connectivity index (χ0v) is 13.1. The highest BCUT2D eigenvalue weighted by Crippen LogP contribution is 2.29. The van der Waals surface area contributed by atoms with Crippen molar-refractivity contribution >= 4 is 0 Å². The Balaban J connectivity index is 2.53. The summed E-state index contributed by atoms with van der Waals surface area (Å²) in [6, 6.07) is 12.9. The van der Waals surface area contributed by atoms with Crippen molar-refractivity contribution in [2.24, 2.45) is 11.8 Å². The Bertz CT molecular complexity index is 513. The number of benzene rings is 1. The van der Waals surface area contributed by atoms with Crippen molar-refractivity contribution in [1.82, 2.24) is 4.98 Å². The molecular formula is C19H25N. The van der Waals surface area contributed by atoms with Gasteiger partial charge in [-0.25, -0.2) is 0 Å². The standard InChI is InChI=1S/C19H25N/c1-14(2)12-16-8-7-9-17(13-15(3)4)19(16)18-10-5-6-11-20-18/h5-11,14-15H,12-13H2,1-4H3. The highest BCUT2D eigenvalue weighted by atomic mass is 14.7. The molecular weight excluding hydrogens is 242 g/mol. The zero-order chi connectivity index (χ0) is 14.5. The summed E-state index contributed by atoms with van der Waals surface area (Å²) in [4.78, 5) is 4.58. The number of aromatic nitrogens is 1. The molecule has 0 saturated heterocycles. The molecule has 0 atom stereocenters. The van der Waals surface area contributed by atoms with E-state index in [0.717, 1.165) is 18.5 Å². The molecule has 0 saturated carbocycles. The van der Waals surface area contributed by atoms with E-state index in [1.165, 1.54) is 16.7 Å². The molecule has 0 N–H and O–H groups in total. The van der Waals surface area contributed by atoms with Gasteiger partial charge >= 0.3 is 0 Å². The summed E-state index contributed by atoms with van der Waals surface area (Å²) in [6.07, 6.45) is 4.11. The van der Waals surface area contributed by atoms with Crippen LogP contribution in [0.15, 0.2) is 42.6 Å². The molecule has 0 aliphatic heterocycles. The molecule has 106 valence electrons. The first-order valence-corrected chi connectivity index (χ1v) is 7.60. The van der Waals surface area contributed by atoms with Crippen LogP contribution < -0.4 is 0 Å². The largest absolute Gasteiger partial charge is 0.256 e. The van der Waals surface area contributed by atoms with Crippen LogP contribution in [0.4, 0.5) is 0 Å². The fourth-order valence-corrected chi connectivity index (χ4v) is 2.71. The van der Waals surface area contributed by atoms with Crippen LogP contribution in [0.2, 0.25) is 0 Å². The minimum absolute atomic E-state index is 0.659. The third-order valence-corrected chi connectivity index (χ3v) is 3.41. The number of hydrogen-bond acceptors (Lipinski definition) is 1. The lowest BCUT2D eigenvalue weighted by Crippen LogP contribution is -2.03. The van der Waals surface area contributed by atoms with E-state index in [4.69, 9.17) is 0 Å². The van der Waals surface area contributed by atoms with Gasteiger partial charge in [0.1, 0.15) is 0 Å². The molecule has 20 heavy (non-hydrogen) atoms. The Hall–Kier alpha value is -1.63. The minimum atomic E-state index is 0.659. The van der Waals surface area contributed by atoms with Gasteiger partial charge in [-0.2, -0.15) is 0 Å². The van der Waals surface area contributed by atoms with Crippen molar-refractivity contribution in [3.8, 4) is 11.3 Å².